The van der Waals surface area contributed by atoms with Gasteiger partial charge in [0.05, 0.1) is 12.1 Å². The van der Waals surface area contributed by atoms with Crippen LogP contribution >= 0.6 is 11.8 Å². The van der Waals surface area contributed by atoms with Gasteiger partial charge in [-0.25, -0.2) is 0 Å². The van der Waals surface area contributed by atoms with E-state index in [9.17, 15) is 0 Å². The fraction of sp³-hybridized carbons (Fsp3) is 0.103. The van der Waals surface area contributed by atoms with Crippen molar-refractivity contribution in [3.63, 3.8) is 0 Å². The Morgan fingerprint density at radius 1 is 0.721 bits per heavy atom. The Bertz CT molecular complexity index is 2000. The summed E-state index contributed by atoms with van der Waals surface area (Å²) in [6.07, 6.45) is 2.39. The molecule has 0 bridgehead atoms. The molecule has 3 nitrogen and oxygen atoms in total. The molecule has 1 N–H and O–H groups in total. The molecular weight excluding hydrogens is 543 g/mol. The van der Waals surface area contributed by atoms with Gasteiger partial charge in [0.1, 0.15) is 5.69 Å². The normalized spacial score (nSPS) is 17.5. The molecule has 2 aliphatic rings. The molecule has 1 aromatic heterocycles. The standard InChI is InChI=1S/C39H31N3S/c1-26-37(28-12-4-2-5-13-28)34(24-33-31-16-9-11-19-36(31)43-39(26)33)40-30-22-20-27(21-23-30)25-42-35-18-10-8-17-32(35)38(41-42)29-14-6-3-7-15-29/h2-24,26,39-40H,25H2,1H3. The molecule has 208 valence electrons. The van der Waals surface area contributed by atoms with Gasteiger partial charge < -0.3 is 5.32 Å². The van der Waals surface area contributed by atoms with Crippen molar-refractivity contribution in [3.8, 4) is 11.3 Å². The van der Waals surface area contributed by atoms with Crippen LogP contribution in [-0.2, 0) is 6.54 Å². The largest absolute Gasteiger partial charge is 0.355 e. The summed E-state index contributed by atoms with van der Waals surface area (Å²) in [5.41, 5.74) is 12.2. The summed E-state index contributed by atoms with van der Waals surface area (Å²) in [5.74, 6) is 0.369. The monoisotopic (exact) mass is 573 g/mol. The Hall–Kier alpha value is -4.80. The predicted octanol–water partition coefficient (Wildman–Crippen LogP) is 9.78. The van der Waals surface area contributed by atoms with Crippen LogP contribution in [0.2, 0.25) is 0 Å². The highest BCUT2D eigenvalue weighted by Gasteiger charge is 2.37. The number of allylic oxidation sites excluding steroid dienone is 2. The van der Waals surface area contributed by atoms with E-state index < -0.39 is 0 Å². The highest BCUT2D eigenvalue weighted by Crippen LogP contribution is 2.53. The van der Waals surface area contributed by atoms with Crippen LogP contribution in [0.15, 0.2) is 150 Å². The van der Waals surface area contributed by atoms with E-state index in [0.717, 1.165) is 22.5 Å². The highest BCUT2D eigenvalue weighted by atomic mass is 32.2. The Kier molecular flexibility index (Phi) is 6.50. The van der Waals surface area contributed by atoms with E-state index in [2.05, 4.69) is 150 Å². The summed E-state index contributed by atoms with van der Waals surface area (Å²) in [7, 11) is 0. The number of fused-ring (bicyclic) bond motifs is 4. The lowest BCUT2D eigenvalue weighted by molar-refractivity contribution is 0.715. The van der Waals surface area contributed by atoms with Gasteiger partial charge in [-0.05, 0) is 58.2 Å². The zero-order valence-corrected chi connectivity index (χ0v) is 24.8. The van der Waals surface area contributed by atoms with Crippen LogP contribution < -0.4 is 5.32 Å². The van der Waals surface area contributed by atoms with Crippen LogP contribution in [0.4, 0.5) is 5.69 Å². The maximum absolute atomic E-state index is 5.06. The van der Waals surface area contributed by atoms with Crippen molar-refractivity contribution in [2.24, 2.45) is 5.92 Å². The van der Waals surface area contributed by atoms with Crippen LogP contribution in [0.25, 0.3) is 33.3 Å². The first kappa shape index (κ1) is 25.9. The van der Waals surface area contributed by atoms with Gasteiger partial charge in [-0.1, -0.05) is 116 Å². The molecule has 1 aliphatic heterocycles. The lowest BCUT2D eigenvalue weighted by Gasteiger charge is -2.31. The zero-order valence-electron chi connectivity index (χ0n) is 23.9. The summed E-state index contributed by atoms with van der Waals surface area (Å²) in [6.45, 7) is 3.09. The second kappa shape index (κ2) is 10.8. The maximum atomic E-state index is 5.06. The molecule has 0 spiro atoms. The van der Waals surface area contributed by atoms with Gasteiger partial charge in [-0.15, -0.1) is 11.8 Å². The van der Waals surface area contributed by atoms with Gasteiger partial charge >= 0.3 is 0 Å². The molecule has 0 saturated carbocycles. The number of hydrogen-bond acceptors (Lipinski definition) is 3. The number of para-hydroxylation sites is 1. The van der Waals surface area contributed by atoms with Crippen molar-refractivity contribution in [2.75, 3.05) is 5.32 Å². The van der Waals surface area contributed by atoms with Crippen molar-refractivity contribution in [1.29, 1.82) is 0 Å². The van der Waals surface area contributed by atoms with E-state index in [4.69, 9.17) is 5.10 Å². The number of nitrogens with one attached hydrogen (secondary N) is 1. The van der Waals surface area contributed by atoms with Crippen molar-refractivity contribution < 1.29 is 0 Å². The van der Waals surface area contributed by atoms with Gasteiger partial charge in [0.15, 0.2) is 0 Å². The Morgan fingerprint density at radius 2 is 1.40 bits per heavy atom. The maximum Gasteiger partial charge on any atom is 0.100 e. The lowest BCUT2D eigenvalue weighted by Crippen LogP contribution is -2.22. The van der Waals surface area contributed by atoms with Crippen LogP contribution in [0, 0.1) is 5.92 Å². The van der Waals surface area contributed by atoms with E-state index in [1.54, 1.807) is 0 Å². The summed E-state index contributed by atoms with van der Waals surface area (Å²) in [4.78, 5) is 1.38. The number of nitrogens with zero attached hydrogens (tertiary/aromatic N) is 2. The summed E-state index contributed by atoms with van der Waals surface area (Å²) in [6, 6.07) is 47.4. The summed E-state index contributed by atoms with van der Waals surface area (Å²) in [5, 5.41) is 10.5. The van der Waals surface area contributed by atoms with Gasteiger partial charge in [0.2, 0.25) is 0 Å². The van der Waals surface area contributed by atoms with E-state index in [0.29, 0.717) is 17.7 Å². The first-order valence-corrected chi connectivity index (χ1v) is 15.7. The number of benzene rings is 5. The zero-order chi connectivity index (χ0) is 28.8. The van der Waals surface area contributed by atoms with Gasteiger partial charge in [0, 0.05) is 38.4 Å². The lowest BCUT2D eigenvalue weighted by atomic mass is 9.80. The molecule has 5 aromatic carbocycles. The molecule has 0 fully saturated rings. The molecule has 0 radical (unpaired) electrons. The third kappa shape index (κ3) is 4.68. The van der Waals surface area contributed by atoms with Crippen LogP contribution in [-0.4, -0.2) is 15.0 Å². The predicted molar refractivity (Wildman–Crippen MR) is 181 cm³/mol. The minimum atomic E-state index is 0.369. The van der Waals surface area contributed by atoms with Crippen LogP contribution in [0.1, 0.15) is 23.6 Å². The number of thioether (sulfide) groups is 1. The van der Waals surface area contributed by atoms with E-state index in [-0.39, 0.29) is 0 Å². The molecule has 6 aromatic rings. The van der Waals surface area contributed by atoms with Crippen molar-refractivity contribution in [1.82, 2.24) is 9.78 Å². The molecule has 0 amide bonds. The molecule has 2 heterocycles. The molecule has 2 atom stereocenters. The third-order valence-electron chi connectivity index (χ3n) is 8.61. The van der Waals surface area contributed by atoms with E-state index >= 15 is 0 Å². The molecule has 2 unspecified atom stereocenters. The quantitative estimate of drug-likeness (QED) is 0.215. The molecular formula is C39H31N3S. The number of anilines is 1. The Labute approximate surface area is 256 Å². The molecule has 43 heavy (non-hydrogen) atoms. The minimum absolute atomic E-state index is 0.369. The van der Waals surface area contributed by atoms with Gasteiger partial charge in [0.25, 0.3) is 0 Å². The van der Waals surface area contributed by atoms with Gasteiger partial charge in [-0.2, -0.15) is 5.10 Å². The van der Waals surface area contributed by atoms with Crippen molar-refractivity contribution >= 4 is 39.5 Å². The third-order valence-corrected chi connectivity index (χ3v) is 10.1. The molecule has 4 heteroatoms. The second-order valence-corrected chi connectivity index (χ2v) is 12.5. The molecule has 1 aliphatic carbocycles. The van der Waals surface area contributed by atoms with Crippen molar-refractivity contribution in [3.05, 3.63) is 162 Å². The topological polar surface area (TPSA) is 29.9 Å². The average Bonchev–Trinajstić information content (AvgIpc) is 3.62. The fourth-order valence-electron chi connectivity index (χ4n) is 6.54. The smallest absolute Gasteiger partial charge is 0.100 e. The number of aromatic nitrogens is 2. The summed E-state index contributed by atoms with van der Waals surface area (Å²) < 4.78 is 2.12. The van der Waals surface area contributed by atoms with Crippen molar-refractivity contribution in [2.45, 2.75) is 23.6 Å². The Morgan fingerprint density at radius 3 is 2.19 bits per heavy atom. The number of rotatable bonds is 6. The molecule has 0 saturated heterocycles. The van der Waals surface area contributed by atoms with Crippen LogP contribution in [0.5, 0.6) is 0 Å². The summed E-state index contributed by atoms with van der Waals surface area (Å²) >= 11 is 2.00. The highest BCUT2D eigenvalue weighted by molar-refractivity contribution is 8.01. The number of hydrogen-bond donors (Lipinski definition) is 1. The van der Waals surface area contributed by atoms with Gasteiger partial charge in [-0.3, -0.25) is 4.68 Å². The fourth-order valence-corrected chi connectivity index (χ4v) is 7.95. The minimum Gasteiger partial charge on any atom is -0.355 e. The SMILES string of the molecule is CC1C(c2ccccc2)=C(Nc2ccc(Cn3nc(-c4ccccc4)c4ccccc43)cc2)C=C2c3ccccc3SC21. The van der Waals surface area contributed by atoms with Crippen LogP contribution in [0.3, 0.4) is 0 Å². The average molecular weight is 574 g/mol. The first-order valence-electron chi connectivity index (χ1n) is 14.9. The second-order valence-electron chi connectivity index (χ2n) is 11.3. The Balaban J connectivity index is 1.12. The van der Waals surface area contributed by atoms with E-state index in [1.165, 1.54) is 43.8 Å². The van der Waals surface area contributed by atoms with E-state index in [1.807, 2.05) is 17.8 Å². The molecule has 8 rings (SSSR count). The first-order chi connectivity index (χ1) is 21.2.